The highest BCUT2D eigenvalue weighted by atomic mass is 16.2. The van der Waals surface area contributed by atoms with Crippen LogP contribution in [-0.2, 0) is 6.42 Å². The van der Waals surface area contributed by atoms with E-state index in [2.05, 4.69) is 25.9 Å². The van der Waals surface area contributed by atoms with Crippen LogP contribution < -0.4 is 21.7 Å². The van der Waals surface area contributed by atoms with E-state index >= 15 is 0 Å². The second-order valence-electron chi connectivity index (χ2n) is 8.30. The molecule has 1 saturated heterocycles. The number of hydrogen-bond acceptors (Lipinski definition) is 6. The molecular weight excluding hydrogens is 416 g/mol. The summed E-state index contributed by atoms with van der Waals surface area (Å²) < 4.78 is 0. The number of amides is 2. The van der Waals surface area contributed by atoms with Crippen LogP contribution in [-0.4, -0.2) is 47.0 Å². The van der Waals surface area contributed by atoms with Crippen LogP contribution in [0.1, 0.15) is 39.8 Å². The molecule has 8 heteroatoms. The van der Waals surface area contributed by atoms with Gasteiger partial charge in [0.2, 0.25) is 0 Å². The molecule has 1 aliphatic heterocycles. The van der Waals surface area contributed by atoms with Gasteiger partial charge in [0.1, 0.15) is 0 Å². The summed E-state index contributed by atoms with van der Waals surface area (Å²) in [4.78, 5) is 34.1. The van der Waals surface area contributed by atoms with Gasteiger partial charge in [0, 0.05) is 29.8 Å². The number of aromatic nitrogens is 2. The monoisotopic (exact) mass is 444 g/mol. The zero-order chi connectivity index (χ0) is 23.2. The number of nitrogens with two attached hydrogens (primary N) is 1. The molecule has 1 fully saturated rings. The fraction of sp³-hybridized carbons (Fsp3) is 0.280. The third kappa shape index (κ3) is 5.72. The minimum atomic E-state index is -0.348. The van der Waals surface area contributed by atoms with Crippen molar-refractivity contribution >= 4 is 17.6 Å². The third-order valence-corrected chi connectivity index (χ3v) is 5.59. The SMILES string of the molecule is CC(Cc1ccccc1)NC(=O)c1cccc(-c2cnc(N)c(C(=O)N[C@H]3CCNC3)n2)c1. The van der Waals surface area contributed by atoms with Gasteiger partial charge < -0.3 is 21.7 Å². The molecule has 170 valence electrons. The zero-order valence-electron chi connectivity index (χ0n) is 18.5. The highest BCUT2D eigenvalue weighted by Gasteiger charge is 2.21. The van der Waals surface area contributed by atoms with Crippen LogP contribution in [0.4, 0.5) is 5.82 Å². The van der Waals surface area contributed by atoms with Crippen molar-refractivity contribution in [2.24, 2.45) is 0 Å². The van der Waals surface area contributed by atoms with E-state index in [1.165, 1.54) is 6.20 Å². The van der Waals surface area contributed by atoms with Crippen LogP contribution in [0.25, 0.3) is 11.3 Å². The summed E-state index contributed by atoms with van der Waals surface area (Å²) in [5.41, 5.74) is 8.84. The predicted molar refractivity (Wildman–Crippen MR) is 128 cm³/mol. The molecule has 1 aliphatic rings. The summed E-state index contributed by atoms with van der Waals surface area (Å²) >= 11 is 0. The number of carbonyl (C=O) groups excluding carboxylic acids is 2. The fourth-order valence-corrected chi connectivity index (χ4v) is 3.88. The van der Waals surface area contributed by atoms with Crippen molar-refractivity contribution in [1.29, 1.82) is 0 Å². The Labute approximate surface area is 193 Å². The lowest BCUT2D eigenvalue weighted by Crippen LogP contribution is -2.37. The Morgan fingerprint density at radius 2 is 1.97 bits per heavy atom. The van der Waals surface area contributed by atoms with E-state index in [1.54, 1.807) is 18.2 Å². The van der Waals surface area contributed by atoms with Crippen LogP contribution in [0.2, 0.25) is 0 Å². The van der Waals surface area contributed by atoms with Gasteiger partial charge in [0.15, 0.2) is 11.5 Å². The van der Waals surface area contributed by atoms with Crippen molar-refractivity contribution in [3.8, 4) is 11.3 Å². The van der Waals surface area contributed by atoms with Gasteiger partial charge in [-0.3, -0.25) is 9.59 Å². The summed E-state index contributed by atoms with van der Waals surface area (Å²) in [5.74, 6) is -0.444. The standard InChI is InChI=1S/C25H28N6O2/c1-16(12-17-6-3-2-4-7-17)29-24(32)19-9-5-8-18(13-19)21-15-28-23(26)22(31-21)25(33)30-20-10-11-27-14-20/h2-9,13,15-16,20,27H,10-12,14H2,1H3,(H2,26,28)(H,29,32)(H,30,33)/t16?,20-/m0/s1. The topological polar surface area (TPSA) is 122 Å². The lowest BCUT2D eigenvalue weighted by Gasteiger charge is -2.15. The Bertz CT molecular complexity index is 1130. The largest absolute Gasteiger partial charge is 0.382 e. The summed E-state index contributed by atoms with van der Waals surface area (Å²) in [6.45, 7) is 3.56. The van der Waals surface area contributed by atoms with Crippen LogP contribution in [0, 0.1) is 0 Å². The minimum absolute atomic E-state index is 0.0275. The van der Waals surface area contributed by atoms with Crippen molar-refractivity contribution < 1.29 is 9.59 Å². The molecule has 33 heavy (non-hydrogen) atoms. The molecule has 4 rings (SSSR count). The Morgan fingerprint density at radius 3 is 2.73 bits per heavy atom. The molecule has 0 aliphatic carbocycles. The Morgan fingerprint density at radius 1 is 1.15 bits per heavy atom. The van der Waals surface area contributed by atoms with Gasteiger partial charge in [0.25, 0.3) is 11.8 Å². The number of benzene rings is 2. The van der Waals surface area contributed by atoms with Crippen molar-refractivity contribution in [2.45, 2.75) is 31.8 Å². The average Bonchev–Trinajstić information content (AvgIpc) is 3.33. The molecule has 0 radical (unpaired) electrons. The minimum Gasteiger partial charge on any atom is -0.382 e. The molecule has 2 aromatic carbocycles. The molecule has 2 heterocycles. The van der Waals surface area contributed by atoms with Crippen molar-refractivity contribution in [2.75, 3.05) is 18.8 Å². The summed E-state index contributed by atoms with van der Waals surface area (Å²) in [6.07, 6.45) is 3.11. The van der Waals surface area contributed by atoms with Gasteiger partial charge >= 0.3 is 0 Å². The number of nitrogen functional groups attached to an aromatic ring is 1. The predicted octanol–water partition coefficient (Wildman–Crippen LogP) is 2.18. The molecule has 3 aromatic rings. The van der Waals surface area contributed by atoms with E-state index in [0.29, 0.717) is 16.8 Å². The molecular formula is C25H28N6O2. The van der Waals surface area contributed by atoms with Crippen molar-refractivity contribution in [3.05, 3.63) is 77.6 Å². The zero-order valence-corrected chi connectivity index (χ0v) is 18.5. The van der Waals surface area contributed by atoms with E-state index in [0.717, 1.165) is 31.5 Å². The van der Waals surface area contributed by atoms with E-state index in [-0.39, 0.29) is 35.4 Å². The lowest BCUT2D eigenvalue weighted by molar-refractivity contribution is 0.0929. The number of nitrogens with one attached hydrogen (secondary N) is 3. The average molecular weight is 445 g/mol. The number of anilines is 1. The van der Waals surface area contributed by atoms with E-state index in [4.69, 9.17) is 5.73 Å². The fourth-order valence-electron chi connectivity index (χ4n) is 3.88. The first-order chi connectivity index (χ1) is 16.0. The van der Waals surface area contributed by atoms with Gasteiger partial charge in [-0.2, -0.15) is 0 Å². The van der Waals surface area contributed by atoms with E-state index < -0.39 is 0 Å². The Kier molecular flexibility index (Phi) is 6.95. The molecule has 0 spiro atoms. The number of rotatable bonds is 7. The number of nitrogens with zero attached hydrogens (tertiary/aromatic N) is 2. The maximum Gasteiger partial charge on any atom is 0.274 e. The van der Waals surface area contributed by atoms with Gasteiger partial charge in [-0.1, -0.05) is 42.5 Å². The molecule has 0 bridgehead atoms. The highest BCUT2D eigenvalue weighted by molar-refractivity contribution is 5.97. The Hall–Kier alpha value is -3.78. The normalized spacial score (nSPS) is 16.2. The van der Waals surface area contributed by atoms with Crippen LogP contribution in [0.3, 0.4) is 0 Å². The maximum atomic E-state index is 12.8. The molecule has 2 atom stereocenters. The lowest BCUT2D eigenvalue weighted by atomic mass is 10.1. The summed E-state index contributed by atoms with van der Waals surface area (Å²) in [6, 6.07) is 17.2. The first kappa shape index (κ1) is 22.4. The van der Waals surface area contributed by atoms with Gasteiger partial charge in [-0.25, -0.2) is 9.97 Å². The van der Waals surface area contributed by atoms with E-state index in [9.17, 15) is 9.59 Å². The number of hydrogen-bond donors (Lipinski definition) is 4. The molecule has 2 amide bonds. The highest BCUT2D eigenvalue weighted by Crippen LogP contribution is 2.20. The van der Waals surface area contributed by atoms with Gasteiger partial charge in [-0.15, -0.1) is 0 Å². The maximum absolute atomic E-state index is 12.8. The molecule has 1 unspecified atom stereocenters. The van der Waals surface area contributed by atoms with Crippen molar-refractivity contribution in [1.82, 2.24) is 25.9 Å². The third-order valence-electron chi connectivity index (χ3n) is 5.59. The van der Waals surface area contributed by atoms with Gasteiger partial charge in [0.05, 0.1) is 11.9 Å². The second-order valence-corrected chi connectivity index (χ2v) is 8.30. The molecule has 5 N–H and O–H groups in total. The van der Waals surface area contributed by atoms with Crippen molar-refractivity contribution in [3.63, 3.8) is 0 Å². The number of carbonyl (C=O) groups is 2. The smallest absolute Gasteiger partial charge is 0.274 e. The summed E-state index contributed by atoms with van der Waals surface area (Å²) in [7, 11) is 0. The molecule has 8 nitrogen and oxygen atoms in total. The molecule has 0 saturated carbocycles. The van der Waals surface area contributed by atoms with Crippen LogP contribution in [0.15, 0.2) is 60.8 Å². The Balaban J connectivity index is 1.47. The molecule has 1 aromatic heterocycles. The first-order valence-electron chi connectivity index (χ1n) is 11.1. The van der Waals surface area contributed by atoms with Crippen LogP contribution in [0.5, 0.6) is 0 Å². The quantitative estimate of drug-likeness (QED) is 0.443. The van der Waals surface area contributed by atoms with Gasteiger partial charge in [-0.05, 0) is 44.0 Å². The second kappa shape index (κ2) is 10.2. The van der Waals surface area contributed by atoms with E-state index in [1.807, 2.05) is 43.3 Å². The first-order valence-corrected chi connectivity index (χ1v) is 11.1. The van der Waals surface area contributed by atoms with Crippen LogP contribution >= 0.6 is 0 Å². The summed E-state index contributed by atoms with van der Waals surface area (Å²) in [5, 5.41) is 9.18.